The van der Waals surface area contributed by atoms with Gasteiger partial charge in [-0.25, -0.2) is 8.78 Å². The summed E-state index contributed by atoms with van der Waals surface area (Å²) >= 11 is 0. The fourth-order valence-electron chi connectivity index (χ4n) is 3.14. The Labute approximate surface area is 152 Å². The summed E-state index contributed by atoms with van der Waals surface area (Å²) in [5.74, 6) is -0.389. The van der Waals surface area contributed by atoms with E-state index in [0.29, 0.717) is 39.0 Å². The van der Waals surface area contributed by atoms with Crippen molar-refractivity contribution in [3.05, 3.63) is 59.7 Å². The maximum absolute atomic E-state index is 13.7. The van der Waals surface area contributed by atoms with Crippen molar-refractivity contribution in [2.45, 2.75) is 12.8 Å². The van der Waals surface area contributed by atoms with Crippen LogP contribution in [-0.4, -0.2) is 44.1 Å². The lowest BCUT2D eigenvalue weighted by atomic mass is 10.1. The molecule has 0 unspecified atom stereocenters. The van der Waals surface area contributed by atoms with Crippen molar-refractivity contribution in [2.75, 3.05) is 38.2 Å². The van der Waals surface area contributed by atoms with Gasteiger partial charge < -0.3 is 14.5 Å². The van der Waals surface area contributed by atoms with E-state index in [1.54, 1.807) is 24.3 Å². The molecule has 1 heterocycles. The summed E-state index contributed by atoms with van der Waals surface area (Å²) in [6, 6.07) is 11.2. The molecule has 0 saturated carbocycles. The molecule has 6 heteroatoms. The zero-order chi connectivity index (χ0) is 18.5. The molecule has 3 rings (SSSR count). The number of methoxy groups -OCH3 is 1. The number of hydrogen-bond donors (Lipinski definition) is 0. The van der Waals surface area contributed by atoms with E-state index < -0.39 is 5.82 Å². The lowest BCUT2D eigenvalue weighted by molar-refractivity contribution is -0.131. The first-order chi connectivity index (χ1) is 12.6. The molecule has 1 amide bonds. The molecule has 0 radical (unpaired) electrons. The normalized spacial score (nSPS) is 14.4. The van der Waals surface area contributed by atoms with E-state index in [4.69, 9.17) is 4.74 Å². The van der Waals surface area contributed by atoms with Crippen LogP contribution in [0.25, 0.3) is 0 Å². The predicted molar refractivity (Wildman–Crippen MR) is 96.5 cm³/mol. The number of amides is 1. The third kappa shape index (κ3) is 4.31. The van der Waals surface area contributed by atoms with Gasteiger partial charge in [0, 0.05) is 38.3 Å². The number of piperazine rings is 1. The molecule has 0 atom stereocenters. The van der Waals surface area contributed by atoms with Crippen molar-refractivity contribution < 1.29 is 18.3 Å². The van der Waals surface area contributed by atoms with Gasteiger partial charge in [0.1, 0.15) is 5.82 Å². The molecule has 0 bridgehead atoms. The molecule has 1 saturated heterocycles. The zero-order valence-corrected chi connectivity index (χ0v) is 14.8. The number of nitrogens with zero attached hydrogens (tertiary/aromatic N) is 2. The van der Waals surface area contributed by atoms with Crippen LogP contribution in [0.3, 0.4) is 0 Å². The molecule has 1 aliphatic rings. The van der Waals surface area contributed by atoms with Crippen LogP contribution < -0.4 is 9.64 Å². The minimum absolute atomic E-state index is 0.0694. The molecule has 0 aliphatic carbocycles. The van der Waals surface area contributed by atoms with Crippen LogP contribution in [0.15, 0.2) is 42.5 Å². The van der Waals surface area contributed by atoms with Gasteiger partial charge in [-0.15, -0.1) is 0 Å². The molecule has 138 valence electrons. The Bertz CT molecular complexity index is 757. The standard InChI is InChI=1S/C20H22F2N2O2/c1-26-19-8-2-15(14-18(19)22)3-9-20(25)24-12-10-23(11-13-24)17-6-4-16(21)5-7-17/h2,4-8,14H,3,9-13H2,1H3. The number of aryl methyl sites for hydroxylation is 1. The molecule has 2 aromatic rings. The van der Waals surface area contributed by atoms with Crippen LogP contribution in [0, 0.1) is 11.6 Å². The monoisotopic (exact) mass is 360 g/mol. The van der Waals surface area contributed by atoms with Crippen molar-refractivity contribution >= 4 is 11.6 Å². The number of carbonyl (C=O) groups excluding carboxylic acids is 1. The fraction of sp³-hybridized carbons (Fsp3) is 0.350. The Morgan fingerprint density at radius 3 is 2.35 bits per heavy atom. The summed E-state index contributed by atoms with van der Waals surface area (Å²) in [4.78, 5) is 16.4. The maximum atomic E-state index is 13.7. The van der Waals surface area contributed by atoms with Gasteiger partial charge in [0.15, 0.2) is 11.6 Å². The van der Waals surface area contributed by atoms with Gasteiger partial charge in [0.25, 0.3) is 0 Å². The SMILES string of the molecule is COc1ccc(CCC(=O)N2CCN(c3ccc(F)cc3)CC2)cc1F. The first-order valence-corrected chi connectivity index (χ1v) is 8.67. The van der Waals surface area contributed by atoms with Crippen molar-refractivity contribution in [2.24, 2.45) is 0 Å². The Morgan fingerprint density at radius 1 is 1.04 bits per heavy atom. The Morgan fingerprint density at radius 2 is 1.73 bits per heavy atom. The van der Waals surface area contributed by atoms with E-state index in [1.807, 2.05) is 4.90 Å². The summed E-state index contributed by atoms with van der Waals surface area (Å²) in [6.45, 7) is 2.70. The molecule has 2 aromatic carbocycles. The lowest BCUT2D eigenvalue weighted by Crippen LogP contribution is -2.48. The van der Waals surface area contributed by atoms with E-state index in [9.17, 15) is 13.6 Å². The second kappa shape index (κ2) is 8.17. The first-order valence-electron chi connectivity index (χ1n) is 8.67. The molecule has 0 spiro atoms. The largest absolute Gasteiger partial charge is 0.494 e. The minimum atomic E-state index is -0.412. The van der Waals surface area contributed by atoms with Gasteiger partial charge in [0.2, 0.25) is 5.91 Å². The Kier molecular flexibility index (Phi) is 5.71. The van der Waals surface area contributed by atoms with Gasteiger partial charge in [-0.05, 0) is 48.4 Å². The van der Waals surface area contributed by atoms with Gasteiger partial charge in [-0.1, -0.05) is 6.07 Å². The molecule has 1 fully saturated rings. The summed E-state index contributed by atoms with van der Waals surface area (Å²) < 4.78 is 31.6. The smallest absolute Gasteiger partial charge is 0.223 e. The highest BCUT2D eigenvalue weighted by Crippen LogP contribution is 2.20. The second-order valence-electron chi connectivity index (χ2n) is 6.31. The van der Waals surface area contributed by atoms with Crippen LogP contribution >= 0.6 is 0 Å². The topological polar surface area (TPSA) is 32.8 Å². The molecule has 1 aliphatic heterocycles. The predicted octanol–water partition coefficient (Wildman–Crippen LogP) is 3.25. The molecular formula is C20H22F2N2O2. The number of benzene rings is 2. The van der Waals surface area contributed by atoms with Gasteiger partial charge >= 0.3 is 0 Å². The average Bonchev–Trinajstić information content (AvgIpc) is 2.67. The molecule has 26 heavy (non-hydrogen) atoms. The van der Waals surface area contributed by atoms with E-state index in [-0.39, 0.29) is 17.5 Å². The van der Waals surface area contributed by atoms with Crippen LogP contribution in [0.4, 0.5) is 14.5 Å². The highest BCUT2D eigenvalue weighted by molar-refractivity contribution is 5.76. The van der Waals surface area contributed by atoms with Crippen LogP contribution in [0.5, 0.6) is 5.75 Å². The molecular weight excluding hydrogens is 338 g/mol. The lowest BCUT2D eigenvalue weighted by Gasteiger charge is -2.36. The van der Waals surface area contributed by atoms with E-state index in [2.05, 4.69) is 4.90 Å². The zero-order valence-electron chi connectivity index (χ0n) is 14.8. The van der Waals surface area contributed by atoms with Gasteiger partial charge in [-0.2, -0.15) is 0 Å². The Balaban J connectivity index is 1.49. The number of halogens is 2. The quantitative estimate of drug-likeness (QED) is 0.821. The van der Waals surface area contributed by atoms with Crippen molar-refractivity contribution in [3.63, 3.8) is 0 Å². The van der Waals surface area contributed by atoms with Gasteiger partial charge in [0.05, 0.1) is 7.11 Å². The number of hydrogen-bond acceptors (Lipinski definition) is 3. The highest BCUT2D eigenvalue weighted by atomic mass is 19.1. The van der Waals surface area contributed by atoms with Crippen LogP contribution in [0.2, 0.25) is 0 Å². The fourth-order valence-corrected chi connectivity index (χ4v) is 3.14. The number of carbonyl (C=O) groups is 1. The number of ether oxygens (including phenoxy) is 1. The van der Waals surface area contributed by atoms with Crippen molar-refractivity contribution in [1.82, 2.24) is 4.90 Å². The number of rotatable bonds is 5. The Hall–Kier alpha value is -2.63. The maximum Gasteiger partial charge on any atom is 0.223 e. The van der Waals surface area contributed by atoms with Gasteiger partial charge in [-0.3, -0.25) is 4.79 Å². The summed E-state index contributed by atoms with van der Waals surface area (Å²) in [7, 11) is 1.42. The van der Waals surface area contributed by atoms with E-state index >= 15 is 0 Å². The second-order valence-corrected chi connectivity index (χ2v) is 6.31. The van der Waals surface area contributed by atoms with E-state index in [1.165, 1.54) is 25.3 Å². The van der Waals surface area contributed by atoms with Crippen LogP contribution in [-0.2, 0) is 11.2 Å². The summed E-state index contributed by atoms with van der Waals surface area (Å²) in [6.07, 6.45) is 0.847. The highest BCUT2D eigenvalue weighted by Gasteiger charge is 2.21. The number of anilines is 1. The molecule has 0 aromatic heterocycles. The van der Waals surface area contributed by atoms with Crippen LogP contribution in [0.1, 0.15) is 12.0 Å². The molecule has 0 N–H and O–H groups in total. The summed E-state index contributed by atoms with van der Waals surface area (Å²) in [5.41, 5.74) is 1.74. The van der Waals surface area contributed by atoms with Crippen molar-refractivity contribution in [3.8, 4) is 5.75 Å². The van der Waals surface area contributed by atoms with E-state index in [0.717, 1.165) is 11.3 Å². The molecule has 4 nitrogen and oxygen atoms in total. The third-order valence-electron chi connectivity index (χ3n) is 4.67. The summed E-state index contributed by atoms with van der Waals surface area (Å²) in [5, 5.41) is 0. The van der Waals surface area contributed by atoms with Crippen molar-refractivity contribution in [1.29, 1.82) is 0 Å². The minimum Gasteiger partial charge on any atom is -0.494 e. The average molecular weight is 360 g/mol. The third-order valence-corrected chi connectivity index (χ3v) is 4.67. The first kappa shape index (κ1) is 18.2.